The zero-order valence-corrected chi connectivity index (χ0v) is 25.1. The number of rotatable bonds is 14. The van der Waals surface area contributed by atoms with Crippen LogP contribution < -0.4 is 4.90 Å². The number of aliphatic hydroxyl groups excluding tert-OH is 1. The first-order valence-corrected chi connectivity index (χ1v) is 15.0. The molecule has 6 atom stereocenters. The van der Waals surface area contributed by atoms with E-state index in [-0.39, 0.29) is 37.5 Å². The summed E-state index contributed by atoms with van der Waals surface area (Å²) in [6.45, 7) is 16.3. The Labute approximate surface area is 244 Å². The third kappa shape index (κ3) is 5.25. The molecule has 3 saturated heterocycles. The van der Waals surface area contributed by atoms with Gasteiger partial charge in [-0.3, -0.25) is 14.4 Å². The van der Waals surface area contributed by atoms with Gasteiger partial charge in [0.25, 0.3) is 5.91 Å². The van der Waals surface area contributed by atoms with Gasteiger partial charge < -0.3 is 24.4 Å². The molecule has 41 heavy (non-hydrogen) atoms. The molecule has 3 aliphatic heterocycles. The number of aliphatic hydroxyl groups is 1. The zero-order valence-electron chi connectivity index (χ0n) is 25.1. The molecule has 4 rings (SSSR count). The predicted molar refractivity (Wildman–Crippen MR) is 158 cm³/mol. The molecule has 0 aromatic heterocycles. The fourth-order valence-electron chi connectivity index (χ4n) is 7.46. The molecule has 2 bridgehead atoms. The second-order valence-electron chi connectivity index (χ2n) is 12.1. The molecule has 0 aliphatic carbocycles. The Hall–Kier alpha value is -2.97. The minimum Gasteiger partial charge on any atom is -0.465 e. The number of ether oxygens (including phenoxy) is 2. The van der Waals surface area contributed by atoms with Crippen LogP contribution in [0.15, 0.2) is 43.5 Å². The van der Waals surface area contributed by atoms with Crippen molar-refractivity contribution in [1.82, 2.24) is 4.90 Å². The van der Waals surface area contributed by atoms with Gasteiger partial charge in [-0.15, -0.1) is 13.2 Å². The van der Waals surface area contributed by atoms with Gasteiger partial charge in [0.05, 0.1) is 18.1 Å². The van der Waals surface area contributed by atoms with Gasteiger partial charge in [-0.25, -0.2) is 0 Å². The van der Waals surface area contributed by atoms with Crippen molar-refractivity contribution in [2.24, 2.45) is 17.8 Å². The van der Waals surface area contributed by atoms with Crippen molar-refractivity contribution in [3.8, 4) is 0 Å². The number of hydrogen-bond acceptors (Lipinski definition) is 6. The van der Waals surface area contributed by atoms with E-state index in [0.29, 0.717) is 32.2 Å². The van der Waals surface area contributed by atoms with Crippen LogP contribution in [0.5, 0.6) is 0 Å². The van der Waals surface area contributed by atoms with Crippen LogP contribution in [-0.2, 0) is 23.9 Å². The third-order valence-electron chi connectivity index (χ3n) is 9.44. The SMILES string of the molecule is C=CCCCCOC(=O)[C@@H]1[C@H]2C(=O)N(CCCCO)C(C(=O)N(CC=C)c3c(C)cccc3C)C23CC(C)[C@@]1(C)O3. The van der Waals surface area contributed by atoms with Gasteiger partial charge in [0.2, 0.25) is 5.91 Å². The number of unbranched alkanes of at least 4 members (excludes halogenated alkanes) is 3. The number of carbonyl (C=O) groups excluding carboxylic acids is 3. The summed E-state index contributed by atoms with van der Waals surface area (Å²) in [6.07, 6.45) is 7.47. The molecule has 2 amide bonds. The molecule has 0 saturated carbocycles. The second-order valence-corrected chi connectivity index (χ2v) is 12.1. The number of nitrogens with zero attached hydrogens (tertiary/aromatic N) is 2. The minimum atomic E-state index is -1.15. The number of amides is 2. The summed E-state index contributed by atoms with van der Waals surface area (Å²) in [7, 11) is 0. The number of benzene rings is 1. The van der Waals surface area contributed by atoms with E-state index in [2.05, 4.69) is 13.2 Å². The summed E-state index contributed by atoms with van der Waals surface area (Å²) >= 11 is 0. The monoisotopic (exact) mass is 566 g/mol. The van der Waals surface area contributed by atoms with E-state index in [0.717, 1.165) is 29.7 Å². The van der Waals surface area contributed by atoms with Gasteiger partial charge in [0.1, 0.15) is 17.6 Å². The number of para-hydroxylation sites is 1. The van der Waals surface area contributed by atoms with Crippen LogP contribution in [0.1, 0.15) is 63.5 Å². The molecule has 3 aliphatic rings. The number of likely N-dealkylation sites (tertiary alicyclic amines) is 1. The Kier molecular flexibility index (Phi) is 9.44. The molecule has 3 unspecified atom stereocenters. The average Bonchev–Trinajstić information content (AvgIpc) is 3.44. The van der Waals surface area contributed by atoms with Crippen LogP contribution in [0.4, 0.5) is 5.69 Å². The minimum absolute atomic E-state index is 0.00732. The largest absolute Gasteiger partial charge is 0.465 e. The molecule has 1 N–H and O–H groups in total. The van der Waals surface area contributed by atoms with Crippen LogP contribution in [0.25, 0.3) is 0 Å². The summed E-state index contributed by atoms with van der Waals surface area (Å²) in [5, 5.41) is 9.45. The fraction of sp³-hybridized carbons (Fsp3) is 0.606. The average molecular weight is 567 g/mol. The highest BCUT2D eigenvalue weighted by molar-refractivity contribution is 6.05. The van der Waals surface area contributed by atoms with Gasteiger partial charge in [-0.2, -0.15) is 0 Å². The van der Waals surface area contributed by atoms with Crippen molar-refractivity contribution in [1.29, 1.82) is 0 Å². The van der Waals surface area contributed by atoms with Crippen LogP contribution in [0.2, 0.25) is 0 Å². The number of hydrogen-bond donors (Lipinski definition) is 1. The van der Waals surface area contributed by atoms with E-state index in [4.69, 9.17) is 9.47 Å². The first kappa shape index (κ1) is 31.0. The molecule has 1 aromatic rings. The molecule has 1 aromatic carbocycles. The maximum atomic E-state index is 14.7. The highest BCUT2D eigenvalue weighted by Crippen LogP contribution is 2.65. The Morgan fingerprint density at radius 1 is 1.17 bits per heavy atom. The standard InChI is InChI=1S/C33H46N2O6/c1-7-9-10-13-20-40-31(39)26-25-29(37)35(18-11-12-19-36)28(33(25)21-24(5)32(26,6)41-33)30(38)34(17-8-2)27-22(3)15-14-16-23(27)4/h7-8,14-16,24-26,28,36H,1-2,9-13,17-21H2,3-6H3/t24?,25-,26-,28?,32+,33?/m0/s1. The quantitative estimate of drug-likeness (QED) is 0.202. The lowest BCUT2D eigenvalue weighted by Crippen LogP contribution is -2.57. The molecule has 1 spiro atoms. The van der Waals surface area contributed by atoms with Crippen molar-refractivity contribution < 1.29 is 29.0 Å². The van der Waals surface area contributed by atoms with Crippen LogP contribution in [0.3, 0.4) is 0 Å². The first-order valence-electron chi connectivity index (χ1n) is 15.0. The predicted octanol–water partition coefficient (Wildman–Crippen LogP) is 4.51. The van der Waals surface area contributed by atoms with Crippen molar-refractivity contribution in [3.63, 3.8) is 0 Å². The number of fused-ring (bicyclic) bond motifs is 1. The highest BCUT2D eigenvalue weighted by atomic mass is 16.6. The Bertz CT molecular complexity index is 1160. The number of anilines is 1. The Morgan fingerprint density at radius 3 is 2.51 bits per heavy atom. The van der Waals surface area contributed by atoms with Crippen LogP contribution in [0, 0.1) is 31.6 Å². The molecule has 3 fully saturated rings. The number of esters is 1. The van der Waals surface area contributed by atoms with Gasteiger partial charge in [0.15, 0.2) is 0 Å². The maximum absolute atomic E-state index is 14.7. The van der Waals surface area contributed by atoms with Crippen LogP contribution in [-0.4, -0.2) is 71.3 Å². The Balaban J connectivity index is 1.75. The van der Waals surface area contributed by atoms with Gasteiger partial charge in [-0.05, 0) is 76.3 Å². The van der Waals surface area contributed by atoms with E-state index in [1.54, 1.807) is 15.9 Å². The summed E-state index contributed by atoms with van der Waals surface area (Å²) in [4.78, 5) is 46.0. The molecule has 8 heteroatoms. The van der Waals surface area contributed by atoms with Gasteiger partial charge >= 0.3 is 5.97 Å². The molecular formula is C33H46N2O6. The van der Waals surface area contributed by atoms with Crippen molar-refractivity contribution in [2.75, 3.05) is 31.2 Å². The highest BCUT2D eigenvalue weighted by Gasteiger charge is 2.80. The van der Waals surface area contributed by atoms with E-state index < -0.39 is 35.0 Å². The number of carbonyl (C=O) groups is 3. The van der Waals surface area contributed by atoms with Crippen molar-refractivity contribution in [3.05, 3.63) is 54.6 Å². The Morgan fingerprint density at radius 2 is 1.88 bits per heavy atom. The first-order chi connectivity index (χ1) is 19.6. The fourth-order valence-corrected chi connectivity index (χ4v) is 7.46. The lowest BCUT2D eigenvalue weighted by atomic mass is 9.62. The molecule has 224 valence electrons. The third-order valence-corrected chi connectivity index (χ3v) is 9.44. The smallest absolute Gasteiger partial charge is 0.312 e. The zero-order chi connectivity index (χ0) is 29.9. The van der Waals surface area contributed by atoms with E-state index >= 15 is 0 Å². The summed E-state index contributed by atoms with van der Waals surface area (Å²) in [6, 6.07) is 4.98. The topological polar surface area (TPSA) is 96.4 Å². The van der Waals surface area contributed by atoms with E-state index in [9.17, 15) is 19.5 Å². The normalized spacial score (nSPS) is 29.9. The van der Waals surface area contributed by atoms with Crippen molar-refractivity contribution >= 4 is 23.5 Å². The summed E-state index contributed by atoms with van der Waals surface area (Å²) in [5.74, 6) is -2.59. The lowest BCUT2D eigenvalue weighted by Gasteiger charge is -2.38. The number of allylic oxidation sites excluding steroid dienone is 1. The summed E-state index contributed by atoms with van der Waals surface area (Å²) < 4.78 is 12.6. The van der Waals surface area contributed by atoms with E-state index in [1.165, 1.54) is 0 Å². The molecule has 3 heterocycles. The van der Waals surface area contributed by atoms with Crippen molar-refractivity contribution in [2.45, 2.75) is 83.5 Å². The second kappa shape index (κ2) is 12.5. The number of aryl methyl sites for hydroxylation is 2. The maximum Gasteiger partial charge on any atom is 0.312 e. The molecule has 8 nitrogen and oxygen atoms in total. The van der Waals surface area contributed by atoms with Gasteiger partial charge in [-0.1, -0.05) is 37.3 Å². The summed E-state index contributed by atoms with van der Waals surface area (Å²) in [5.41, 5.74) is 0.614. The van der Waals surface area contributed by atoms with Gasteiger partial charge in [0, 0.05) is 25.4 Å². The van der Waals surface area contributed by atoms with Crippen LogP contribution >= 0.6 is 0 Å². The lowest BCUT2D eigenvalue weighted by molar-refractivity contribution is -0.161. The molecular weight excluding hydrogens is 520 g/mol. The molecule has 0 radical (unpaired) electrons. The van der Waals surface area contributed by atoms with E-state index in [1.807, 2.05) is 52.0 Å².